The summed E-state index contributed by atoms with van der Waals surface area (Å²) in [5, 5.41) is 2.93. The lowest BCUT2D eigenvalue weighted by molar-refractivity contribution is 0.0950. The predicted octanol–water partition coefficient (Wildman–Crippen LogP) is 2.31. The maximum atomic E-state index is 12.2. The molecule has 0 aliphatic carbocycles. The molecule has 0 unspecified atom stereocenters. The van der Waals surface area contributed by atoms with Crippen LogP contribution in [0.3, 0.4) is 0 Å². The van der Waals surface area contributed by atoms with Crippen molar-refractivity contribution in [3.8, 4) is 0 Å². The summed E-state index contributed by atoms with van der Waals surface area (Å²) in [7, 11) is 0. The number of aromatic nitrogens is 1. The zero-order chi connectivity index (χ0) is 17.4. The Kier molecular flexibility index (Phi) is 6.90. The van der Waals surface area contributed by atoms with Gasteiger partial charge in [-0.2, -0.15) is 0 Å². The van der Waals surface area contributed by atoms with Crippen molar-refractivity contribution in [2.24, 2.45) is 5.73 Å². The van der Waals surface area contributed by atoms with Crippen molar-refractivity contribution in [3.63, 3.8) is 0 Å². The molecule has 0 aliphatic heterocycles. The molecular weight excluding hydrogens is 300 g/mol. The Labute approximate surface area is 143 Å². The van der Waals surface area contributed by atoms with Gasteiger partial charge in [0.1, 0.15) is 0 Å². The minimum Gasteiger partial charge on any atom is -0.348 e. The number of pyridine rings is 1. The van der Waals surface area contributed by atoms with Crippen molar-refractivity contribution < 1.29 is 4.79 Å². The molecule has 1 heterocycles. The van der Waals surface area contributed by atoms with Crippen LogP contribution in [0.1, 0.15) is 41.0 Å². The lowest BCUT2D eigenvalue weighted by Gasteiger charge is -2.18. The smallest absolute Gasteiger partial charge is 0.251 e. The van der Waals surface area contributed by atoms with Crippen molar-refractivity contribution in [3.05, 3.63) is 65.0 Å². The summed E-state index contributed by atoms with van der Waals surface area (Å²) in [4.78, 5) is 18.7. The fourth-order valence-electron chi connectivity index (χ4n) is 2.48. The molecule has 0 aliphatic rings. The molecule has 2 rings (SSSR count). The Hall–Kier alpha value is -2.24. The largest absolute Gasteiger partial charge is 0.348 e. The van der Waals surface area contributed by atoms with Gasteiger partial charge in [0, 0.05) is 31.4 Å². The lowest BCUT2D eigenvalue weighted by atomic mass is 10.1. The van der Waals surface area contributed by atoms with Crippen LogP contribution < -0.4 is 11.1 Å². The number of amides is 1. The highest BCUT2D eigenvalue weighted by Crippen LogP contribution is 2.08. The molecule has 1 aromatic carbocycles. The Morgan fingerprint density at radius 2 is 1.79 bits per heavy atom. The molecule has 0 spiro atoms. The maximum absolute atomic E-state index is 12.2. The van der Waals surface area contributed by atoms with Crippen molar-refractivity contribution in [2.75, 3.05) is 13.1 Å². The lowest BCUT2D eigenvalue weighted by Crippen LogP contribution is -2.23. The summed E-state index contributed by atoms with van der Waals surface area (Å²) in [5.41, 5.74) is 9.22. The van der Waals surface area contributed by atoms with E-state index >= 15 is 0 Å². The summed E-state index contributed by atoms with van der Waals surface area (Å²) in [6.07, 6.45) is 1.61. The topological polar surface area (TPSA) is 71.2 Å². The van der Waals surface area contributed by atoms with E-state index in [1.807, 2.05) is 0 Å². The van der Waals surface area contributed by atoms with Gasteiger partial charge in [0.2, 0.25) is 0 Å². The van der Waals surface area contributed by atoms with Crippen LogP contribution in [0.4, 0.5) is 0 Å². The van der Waals surface area contributed by atoms with E-state index < -0.39 is 0 Å². The van der Waals surface area contributed by atoms with E-state index in [0.29, 0.717) is 24.3 Å². The molecule has 128 valence electrons. The molecule has 1 amide bonds. The van der Waals surface area contributed by atoms with Gasteiger partial charge >= 0.3 is 0 Å². The Morgan fingerprint density at radius 3 is 2.42 bits per heavy atom. The second-order valence-corrected chi connectivity index (χ2v) is 5.70. The van der Waals surface area contributed by atoms with Gasteiger partial charge in [-0.15, -0.1) is 0 Å². The Bertz CT molecular complexity index is 651. The van der Waals surface area contributed by atoms with Crippen LogP contribution in [0.15, 0.2) is 42.6 Å². The second-order valence-electron chi connectivity index (χ2n) is 5.70. The third kappa shape index (κ3) is 5.15. The maximum Gasteiger partial charge on any atom is 0.251 e. The van der Waals surface area contributed by atoms with Crippen LogP contribution in [-0.2, 0) is 19.6 Å². The highest BCUT2D eigenvalue weighted by molar-refractivity contribution is 5.94. The number of hydrogen-bond acceptors (Lipinski definition) is 4. The van der Waals surface area contributed by atoms with Gasteiger partial charge in [0.05, 0.1) is 5.69 Å². The molecule has 1 aromatic heterocycles. The predicted molar refractivity (Wildman–Crippen MR) is 96.4 cm³/mol. The molecule has 5 nitrogen and oxygen atoms in total. The van der Waals surface area contributed by atoms with E-state index in [-0.39, 0.29) is 5.91 Å². The summed E-state index contributed by atoms with van der Waals surface area (Å²) in [6, 6.07) is 11.8. The summed E-state index contributed by atoms with van der Waals surface area (Å²) >= 11 is 0. The monoisotopic (exact) mass is 326 g/mol. The zero-order valence-electron chi connectivity index (χ0n) is 14.5. The average molecular weight is 326 g/mol. The third-order valence-electron chi connectivity index (χ3n) is 4.06. The highest BCUT2D eigenvalue weighted by atomic mass is 16.1. The summed E-state index contributed by atoms with van der Waals surface area (Å²) < 4.78 is 0. The van der Waals surface area contributed by atoms with Gasteiger partial charge in [0.15, 0.2) is 0 Å². The van der Waals surface area contributed by atoms with E-state index in [1.165, 1.54) is 5.56 Å². The average Bonchev–Trinajstić information content (AvgIpc) is 2.65. The van der Waals surface area contributed by atoms with E-state index in [2.05, 4.69) is 53.3 Å². The summed E-state index contributed by atoms with van der Waals surface area (Å²) in [6.45, 7) is 8.22. The first kappa shape index (κ1) is 18.1. The van der Waals surface area contributed by atoms with Crippen molar-refractivity contribution >= 4 is 5.91 Å². The van der Waals surface area contributed by atoms with Crippen molar-refractivity contribution in [1.29, 1.82) is 0 Å². The van der Waals surface area contributed by atoms with E-state index in [4.69, 9.17) is 5.73 Å². The van der Waals surface area contributed by atoms with Gasteiger partial charge in [-0.05, 0) is 36.3 Å². The van der Waals surface area contributed by atoms with E-state index in [0.717, 1.165) is 25.2 Å². The minimum absolute atomic E-state index is 0.112. The highest BCUT2D eigenvalue weighted by Gasteiger charge is 2.07. The fourth-order valence-corrected chi connectivity index (χ4v) is 2.48. The molecule has 0 bridgehead atoms. The number of benzene rings is 1. The molecule has 0 radical (unpaired) electrons. The zero-order valence-corrected chi connectivity index (χ0v) is 14.5. The van der Waals surface area contributed by atoms with Crippen LogP contribution in [0.2, 0.25) is 0 Å². The first-order valence-electron chi connectivity index (χ1n) is 8.39. The van der Waals surface area contributed by atoms with Gasteiger partial charge in [-0.1, -0.05) is 38.1 Å². The molecule has 2 aromatic rings. The number of carbonyl (C=O) groups is 1. The normalized spacial score (nSPS) is 10.8. The number of carbonyl (C=O) groups excluding carboxylic acids is 1. The van der Waals surface area contributed by atoms with Crippen LogP contribution in [-0.4, -0.2) is 28.9 Å². The number of nitrogens with one attached hydrogen (secondary N) is 1. The van der Waals surface area contributed by atoms with Gasteiger partial charge < -0.3 is 11.1 Å². The van der Waals surface area contributed by atoms with Crippen molar-refractivity contribution in [1.82, 2.24) is 15.2 Å². The molecule has 0 fully saturated rings. The third-order valence-corrected chi connectivity index (χ3v) is 4.06. The van der Waals surface area contributed by atoms with Crippen LogP contribution in [0.25, 0.3) is 0 Å². The van der Waals surface area contributed by atoms with Crippen molar-refractivity contribution in [2.45, 2.75) is 33.5 Å². The first-order chi connectivity index (χ1) is 11.7. The molecular formula is C19H26N4O. The second kappa shape index (κ2) is 9.15. The number of nitrogens with zero attached hydrogens (tertiary/aromatic N) is 2. The quantitative estimate of drug-likeness (QED) is 0.781. The Morgan fingerprint density at radius 1 is 1.12 bits per heavy atom. The van der Waals surface area contributed by atoms with Gasteiger partial charge in [-0.25, -0.2) is 0 Å². The van der Waals surface area contributed by atoms with Crippen LogP contribution >= 0.6 is 0 Å². The number of rotatable bonds is 8. The van der Waals surface area contributed by atoms with Gasteiger partial charge in [-0.3, -0.25) is 14.7 Å². The van der Waals surface area contributed by atoms with E-state index in [1.54, 1.807) is 18.3 Å². The minimum atomic E-state index is -0.112. The molecule has 0 atom stereocenters. The molecule has 3 N–H and O–H groups in total. The summed E-state index contributed by atoms with van der Waals surface area (Å²) in [5.74, 6) is -0.112. The van der Waals surface area contributed by atoms with Gasteiger partial charge in [0.25, 0.3) is 5.91 Å². The molecule has 0 saturated heterocycles. The van der Waals surface area contributed by atoms with Crippen LogP contribution in [0.5, 0.6) is 0 Å². The van der Waals surface area contributed by atoms with E-state index in [9.17, 15) is 4.79 Å². The molecule has 5 heteroatoms. The number of hydrogen-bond donors (Lipinski definition) is 2. The number of nitrogens with two attached hydrogens (primary N) is 1. The van der Waals surface area contributed by atoms with Crippen LogP contribution in [0, 0.1) is 0 Å². The fraction of sp³-hybridized carbons (Fsp3) is 0.368. The standard InChI is InChI=1S/C19H26N4O/c1-3-23(4-2)14-16-7-5-15(6-8-16)13-22-19(24)17-9-10-21-18(11-17)12-20/h5-11H,3-4,12-14,20H2,1-2H3,(H,22,24). The Balaban J connectivity index is 1.90. The SMILES string of the molecule is CCN(CC)Cc1ccc(CNC(=O)c2ccnc(CN)c2)cc1. The molecule has 0 saturated carbocycles. The first-order valence-corrected chi connectivity index (χ1v) is 8.39. The molecule has 24 heavy (non-hydrogen) atoms.